The zero-order valence-corrected chi connectivity index (χ0v) is 16.5. The Balaban J connectivity index is 2.43. The first-order valence-corrected chi connectivity index (χ1v) is 9.23. The first-order chi connectivity index (χ1) is 12.2. The van der Waals surface area contributed by atoms with Crippen molar-refractivity contribution in [1.29, 1.82) is 5.41 Å². The van der Waals surface area contributed by atoms with Crippen molar-refractivity contribution < 1.29 is 9.53 Å². The molecule has 26 heavy (non-hydrogen) atoms. The normalized spacial score (nSPS) is 11.3. The van der Waals surface area contributed by atoms with E-state index >= 15 is 0 Å². The van der Waals surface area contributed by atoms with Gasteiger partial charge >= 0.3 is 5.97 Å². The number of unbranched alkanes of at least 4 members (excludes halogenated alkanes) is 1. The molecule has 0 heterocycles. The van der Waals surface area contributed by atoms with Crippen LogP contribution in [0.25, 0.3) is 0 Å². The van der Waals surface area contributed by atoms with Crippen LogP contribution in [0.2, 0.25) is 0 Å². The summed E-state index contributed by atoms with van der Waals surface area (Å²) in [5.41, 5.74) is 4.05. The Labute approximate surface area is 156 Å². The summed E-state index contributed by atoms with van der Waals surface area (Å²) in [7, 11) is 0. The van der Waals surface area contributed by atoms with Crippen molar-refractivity contribution in [3.8, 4) is 5.75 Å². The van der Waals surface area contributed by atoms with Crippen LogP contribution in [-0.4, -0.2) is 11.7 Å². The van der Waals surface area contributed by atoms with Gasteiger partial charge < -0.3 is 4.74 Å². The minimum atomic E-state index is -0.242. The molecule has 0 unspecified atom stereocenters. The van der Waals surface area contributed by atoms with Crippen LogP contribution >= 0.6 is 0 Å². The van der Waals surface area contributed by atoms with Gasteiger partial charge in [-0.2, -0.15) is 0 Å². The third kappa shape index (κ3) is 5.04. The lowest BCUT2D eigenvalue weighted by atomic mass is 9.85. The lowest BCUT2D eigenvalue weighted by Gasteiger charge is -2.21. The monoisotopic (exact) mass is 351 g/mol. The minimum Gasteiger partial charge on any atom is -0.426 e. The van der Waals surface area contributed by atoms with E-state index in [-0.39, 0.29) is 11.4 Å². The van der Waals surface area contributed by atoms with Crippen molar-refractivity contribution in [1.82, 2.24) is 0 Å². The van der Waals surface area contributed by atoms with Gasteiger partial charge in [-0.1, -0.05) is 70.0 Å². The summed E-state index contributed by atoms with van der Waals surface area (Å²) in [5.74, 6) is 0.220. The Morgan fingerprint density at radius 3 is 2.31 bits per heavy atom. The first-order valence-electron chi connectivity index (χ1n) is 9.23. The molecule has 2 aromatic rings. The van der Waals surface area contributed by atoms with Crippen molar-refractivity contribution in [3.63, 3.8) is 0 Å². The fourth-order valence-electron chi connectivity index (χ4n) is 2.65. The number of ether oxygens (including phenoxy) is 1. The summed E-state index contributed by atoms with van der Waals surface area (Å²) in [6.07, 6.45) is 2.16. The summed E-state index contributed by atoms with van der Waals surface area (Å²) >= 11 is 0. The molecule has 2 aromatic carbocycles. The van der Waals surface area contributed by atoms with E-state index in [0.717, 1.165) is 29.5 Å². The van der Waals surface area contributed by atoms with E-state index in [0.29, 0.717) is 23.4 Å². The zero-order chi connectivity index (χ0) is 19.3. The molecule has 3 nitrogen and oxygen atoms in total. The van der Waals surface area contributed by atoms with Gasteiger partial charge in [-0.25, -0.2) is 0 Å². The number of hydrogen-bond donors (Lipinski definition) is 1. The molecule has 0 aliphatic carbocycles. The largest absolute Gasteiger partial charge is 0.426 e. The second-order valence-corrected chi connectivity index (χ2v) is 7.78. The van der Waals surface area contributed by atoms with E-state index in [1.807, 2.05) is 56.3 Å². The predicted octanol–water partition coefficient (Wildman–Crippen LogP) is 5.80. The molecule has 0 saturated heterocycles. The van der Waals surface area contributed by atoms with Crippen LogP contribution in [0.3, 0.4) is 0 Å². The second-order valence-electron chi connectivity index (χ2n) is 7.78. The molecule has 2 rings (SSSR count). The lowest BCUT2D eigenvalue weighted by molar-refractivity contribution is -0.134. The highest BCUT2D eigenvalue weighted by Gasteiger charge is 2.20. The molecular formula is C23H29NO2. The standard InChI is InChI=1S/C23H29NO2/c1-6-7-8-21(25)26-20-14-13-18(23(3,4)5)15-19(20)22(24)17-11-9-16(2)10-12-17/h9-15,24H,6-8H2,1-5H3. The van der Waals surface area contributed by atoms with Crippen LogP contribution in [0.5, 0.6) is 5.75 Å². The molecule has 0 spiro atoms. The molecule has 0 aliphatic rings. The first kappa shape index (κ1) is 19.9. The highest BCUT2D eigenvalue weighted by molar-refractivity contribution is 6.12. The SMILES string of the molecule is CCCCC(=O)Oc1ccc(C(C)(C)C)cc1C(=N)c1ccc(C)cc1. The van der Waals surface area contributed by atoms with Gasteiger partial charge in [-0.05, 0) is 36.5 Å². The molecule has 0 radical (unpaired) electrons. The van der Waals surface area contributed by atoms with Gasteiger partial charge in [0.2, 0.25) is 0 Å². The van der Waals surface area contributed by atoms with Crippen molar-refractivity contribution >= 4 is 11.7 Å². The molecule has 0 aliphatic heterocycles. The number of esters is 1. The molecular weight excluding hydrogens is 322 g/mol. The van der Waals surface area contributed by atoms with E-state index in [2.05, 4.69) is 20.8 Å². The van der Waals surface area contributed by atoms with Crippen molar-refractivity contribution in [2.75, 3.05) is 0 Å². The van der Waals surface area contributed by atoms with E-state index in [1.165, 1.54) is 0 Å². The Hall–Kier alpha value is -2.42. The molecule has 0 aromatic heterocycles. The Kier molecular flexibility index (Phi) is 6.36. The van der Waals surface area contributed by atoms with Gasteiger partial charge in [0.05, 0.1) is 5.71 Å². The molecule has 0 saturated carbocycles. The summed E-state index contributed by atoms with van der Waals surface area (Å²) in [6.45, 7) is 10.5. The number of carbonyl (C=O) groups is 1. The number of aryl methyl sites for hydroxylation is 1. The summed E-state index contributed by atoms with van der Waals surface area (Å²) in [5, 5.41) is 8.67. The Morgan fingerprint density at radius 1 is 1.08 bits per heavy atom. The van der Waals surface area contributed by atoms with Crippen molar-refractivity contribution in [3.05, 3.63) is 64.7 Å². The topological polar surface area (TPSA) is 50.2 Å². The van der Waals surface area contributed by atoms with E-state index < -0.39 is 0 Å². The van der Waals surface area contributed by atoms with E-state index in [9.17, 15) is 4.79 Å². The average Bonchev–Trinajstić information content (AvgIpc) is 2.59. The minimum absolute atomic E-state index is 0.0486. The highest BCUT2D eigenvalue weighted by Crippen LogP contribution is 2.30. The maximum atomic E-state index is 12.1. The van der Waals surface area contributed by atoms with Crippen molar-refractivity contribution in [2.45, 2.75) is 59.3 Å². The summed E-state index contributed by atoms with van der Waals surface area (Å²) in [4.78, 5) is 12.1. The second kappa shape index (κ2) is 8.31. The highest BCUT2D eigenvalue weighted by atomic mass is 16.5. The van der Waals surface area contributed by atoms with Crippen LogP contribution in [0.15, 0.2) is 42.5 Å². The molecule has 0 bridgehead atoms. The molecule has 3 heteroatoms. The van der Waals surface area contributed by atoms with Crippen LogP contribution in [0.1, 0.15) is 69.2 Å². The van der Waals surface area contributed by atoms with Crippen LogP contribution in [-0.2, 0) is 10.2 Å². The van der Waals surface area contributed by atoms with Gasteiger partial charge in [-0.3, -0.25) is 10.2 Å². The molecule has 1 N–H and O–H groups in total. The van der Waals surface area contributed by atoms with Crippen molar-refractivity contribution in [2.24, 2.45) is 0 Å². The van der Waals surface area contributed by atoms with E-state index in [4.69, 9.17) is 10.1 Å². The third-order valence-corrected chi connectivity index (χ3v) is 4.41. The van der Waals surface area contributed by atoms with Gasteiger partial charge in [0.25, 0.3) is 0 Å². The molecule has 0 atom stereocenters. The molecule has 138 valence electrons. The summed E-state index contributed by atoms with van der Waals surface area (Å²) < 4.78 is 5.60. The van der Waals surface area contributed by atoms with Crippen LogP contribution in [0.4, 0.5) is 0 Å². The summed E-state index contributed by atoms with van der Waals surface area (Å²) in [6, 6.07) is 13.6. The zero-order valence-electron chi connectivity index (χ0n) is 16.5. The lowest BCUT2D eigenvalue weighted by Crippen LogP contribution is -2.15. The number of carbonyl (C=O) groups excluding carboxylic acids is 1. The van der Waals surface area contributed by atoms with Gasteiger partial charge in [0.15, 0.2) is 0 Å². The van der Waals surface area contributed by atoms with Crippen LogP contribution in [0, 0.1) is 12.3 Å². The van der Waals surface area contributed by atoms with Gasteiger partial charge in [0.1, 0.15) is 5.75 Å². The maximum Gasteiger partial charge on any atom is 0.311 e. The third-order valence-electron chi connectivity index (χ3n) is 4.41. The maximum absolute atomic E-state index is 12.1. The number of nitrogens with one attached hydrogen (secondary N) is 1. The number of rotatable bonds is 6. The van der Waals surface area contributed by atoms with Gasteiger partial charge in [0, 0.05) is 17.5 Å². The number of benzene rings is 2. The smallest absolute Gasteiger partial charge is 0.311 e. The molecule has 0 amide bonds. The number of hydrogen-bond acceptors (Lipinski definition) is 3. The Bertz CT molecular complexity index is 783. The quantitative estimate of drug-likeness (QED) is 0.406. The fraction of sp³-hybridized carbons (Fsp3) is 0.391. The van der Waals surface area contributed by atoms with Gasteiger partial charge in [-0.15, -0.1) is 0 Å². The average molecular weight is 351 g/mol. The van der Waals surface area contributed by atoms with E-state index in [1.54, 1.807) is 0 Å². The fourth-order valence-corrected chi connectivity index (χ4v) is 2.65. The van der Waals surface area contributed by atoms with Crippen LogP contribution < -0.4 is 4.74 Å². The predicted molar refractivity (Wildman–Crippen MR) is 107 cm³/mol. The molecule has 0 fully saturated rings. The Morgan fingerprint density at radius 2 is 1.73 bits per heavy atom.